The highest BCUT2D eigenvalue weighted by Gasteiger charge is 2.16. The molecule has 0 amide bonds. The fourth-order valence-corrected chi connectivity index (χ4v) is 2.87. The molecule has 0 aliphatic carbocycles. The number of aromatic nitrogens is 1. The first-order valence-corrected chi connectivity index (χ1v) is 7.90. The van der Waals surface area contributed by atoms with Crippen molar-refractivity contribution in [3.63, 3.8) is 0 Å². The molecule has 1 aromatic heterocycles. The standard InChI is InChI=1S/C14H16FN3O2S/c1-2-10-4-3-7-17-14(10)9-18-21(19,20)11-5-6-13(16)12(15)8-11/h3-8,18H,2,9,16H2,1H3. The monoisotopic (exact) mass is 309 g/mol. The zero-order valence-corrected chi connectivity index (χ0v) is 12.3. The molecule has 1 aromatic carbocycles. The molecule has 0 aliphatic heterocycles. The second-order valence-electron chi connectivity index (χ2n) is 4.47. The van der Waals surface area contributed by atoms with E-state index >= 15 is 0 Å². The average Bonchev–Trinajstić information content (AvgIpc) is 2.48. The van der Waals surface area contributed by atoms with E-state index in [4.69, 9.17) is 5.73 Å². The molecule has 7 heteroatoms. The summed E-state index contributed by atoms with van der Waals surface area (Å²) in [6.07, 6.45) is 2.35. The smallest absolute Gasteiger partial charge is 0.241 e. The lowest BCUT2D eigenvalue weighted by atomic mass is 10.1. The molecule has 0 unspecified atom stereocenters. The highest BCUT2D eigenvalue weighted by atomic mass is 32.2. The Balaban J connectivity index is 2.20. The number of sulfonamides is 1. The van der Waals surface area contributed by atoms with Gasteiger partial charge >= 0.3 is 0 Å². The highest BCUT2D eigenvalue weighted by Crippen LogP contribution is 2.16. The molecule has 1 heterocycles. The topological polar surface area (TPSA) is 85.1 Å². The number of aryl methyl sites for hydroxylation is 1. The zero-order chi connectivity index (χ0) is 15.5. The van der Waals surface area contributed by atoms with Crippen molar-refractivity contribution in [2.45, 2.75) is 24.8 Å². The van der Waals surface area contributed by atoms with Crippen LogP contribution in [0.1, 0.15) is 18.2 Å². The van der Waals surface area contributed by atoms with E-state index in [-0.39, 0.29) is 17.1 Å². The molecule has 0 saturated carbocycles. The number of hydrogen-bond acceptors (Lipinski definition) is 4. The Morgan fingerprint density at radius 3 is 2.76 bits per heavy atom. The highest BCUT2D eigenvalue weighted by molar-refractivity contribution is 7.89. The Hall–Kier alpha value is -1.99. The summed E-state index contributed by atoms with van der Waals surface area (Å²) >= 11 is 0. The summed E-state index contributed by atoms with van der Waals surface area (Å²) in [6.45, 7) is 2.02. The van der Waals surface area contributed by atoms with Crippen molar-refractivity contribution in [2.75, 3.05) is 5.73 Å². The molecule has 2 rings (SSSR count). The van der Waals surface area contributed by atoms with Gasteiger partial charge in [-0.1, -0.05) is 13.0 Å². The number of pyridine rings is 1. The molecule has 0 spiro atoms. The van der Waals surface area contributed by atoms with E-state index in [1.54, 1.807) is 12.3 Å². The number of anilines is 1. The van der Waals surface area contributed by atoms with Gasteiger partial charge in [-0.15, -0.1) is 0 Å². The van der Waals surface area contributed by atoms with Gasteiger partial charge in [0, 0.05) is 6.20 Å². The fraction of sp³-hybridized carbons (Fsp3) is 0.214. The van der Waals surface area contributed by atoms with Crippen molar-refractivity contribution in [2.24, 2.45) is 0 Å². The van der Waals surface area contributed by atoms with E-state index in [1.807, 2.05) is 13.0 Å². The number of benzene rings is 1. The molecule has 2 aromatic rings. The summed E-state index contributed by atoms with van der Waals surface area (Å²) in [7, 11) is -3.81. The van der Waals surface area contributed by atoms with Gasteiger partial charge in [0.05, 0.1) is 22.8 Å². The minimum Gasteiger partial charge on any atom is -0.396 e. The number of rotatable bonds is 5. The molecule has 0 saturated heterocycles. The van der Waals surface area contributed by atoms with E-state index in [9.17, 15) is 12.8 Å². The van der Waals surface area contributed by atoms with E-state index in [0.29, 0.717) is 5.69 Å². The van der Waals surface area contributed by atoms with Gasteiger partial charge in [-0.05, 0) is 36.2 Å². The lowest BCUT2D eigenvalue weighted by Gasteiger charge is -2.09. The minimum atomic E-state index is -3.81. The van der Waals surface area contributed by atoms with Crippen LogP contribution < -0.4 is 10.5 Å². The van der Waals surface area contributed by atoms with Gasteiger partial charge in [0.1, 0.15) is 5.82 Å². The number of halogens is 1. The van der Waals surface area contributed by atoms with E-state index < -0.39 is 15.8 Å². The number of nitrogens with two attached hydrogens (primary N) is 1. The third-order valence-corrected chi connectivity index (χ3v) is 4.48. The molecular weight excluding hydrogens is 293 g/mol. The summed E-state index contributed by atoms with van der Waals surface area (Å²) in [5, 5.41) is 0. The van der Waals surface area contributed by atoms with Crippen molar-refractivity contribution in [1.82, 2.24) is 9.71 Å². The number of nitrogen functional groups attached to an aromatic ring is 1. The number of nitrogens with zero attached hydrogens (tertiary/aromatic N) is 1. The van der Waals surface area contributed by atoms with E-state index in [0.717, 1.165) is 18.1 Å². The Labute approximate surface area is 123 Å². The third kappa shape index (κ3) is 3.56. The van der Waals surface area contributed by atoms with Crippen molar-refractivity contribution in [1.29, 1.82) is 0 Å². The maximum absolute atomic E-state index is 13.4. The number of hydrogen-bond donors (Lipinski definition) is 2. The van der Waals surface area contributed by atoms with Gasteiger partial charge in [-0.2, -0.15) is 0 Å². The quantitative estimate of drug-likeness (QED) is 0.825. The lowest BCUT2D eigenvalue weighted by molar-refractivity contribution is 0.576. The first-order chi connectivity index (χ1) is 9.94. The van der Waals surface area contributed by atoms with Crippen LogP contribution in [0.4, 0.5) is 10.1 Å². The van der Waals surface area contributed by atoms with Gasteiger partial charge in [-0.25, -0.2) is 17.5 Å². The second-order valence-corrected chi connectivity index (χ2v) is 6.24. The SMILES string of the molecule is CCc1cccnc1CNS(=O)(=O)c1ccc(N)c(F)c1. The van der Waals surface area contributed by atoms with Crippen LogP contribution in [0.3, 0.4) is 0 Å². The minimum absolute atomic E-state index is 0.0539. The zero-order valence-electron chi connectivity index (χ0n) is 11.5. The summed E-state index contributed by atoms with van der Waals surface area (Å²) in [5.41, 5.74) is 6.86. The van der Waals surface area contributed by atoms with Gasteiger partial charge in [0.25, 0.3) is 0 Å². The molecular formula is C14H16FN3O2S. The normalized spacial score (nSPS) is 11.5. The van der Waals surface area contributed by atoms with Crippen LogP contribution in [0.25, 0.3) is 0 Å². The Morgan fingerprint density at radius 2 is 2.10 bits per heavy atom. The predicted molar refractivity (Wildman–Crippen MR) is 78.5 cm³/mol. The first-order valence-electron chi connectivity index (χ1n) is 6.41. The second kappa shape index (κ2) is 6.19. The van der Waals surface area contributed by atoms with Gasteiger partial charge in [-0.3, -0.25) is 4.98 Å². The molecule has 5 nitrogen and oxygen atoms in total. The summed E-state index contributed by atoms with van der Waals surface area (Å²) in [4.78, 5) is 3.99. The van der Waals surface area contributed by atoms with Crippen LogP contribution in [0, 0.1) is 5.82 Å². The number of nitrogens with one attached hydrogen (secondary N) is 1. The van der Waals surface area contributed by atoms with E-state index in [2.05, 4.69) is 9.71 Å². The molecule has 0 radical (unpaired) electrons. The van der Waals surface area contributed by atoms with Crippen LogP contribution in [-0.4, -0.2) is 13.4 Å². The van der Waals surface area contributed by atoms with Crippen molar-refractivity contribution >= 4 is 15.7 Å². The van der Waals surface area contributed by atoms with Crippen molar-refractivity contribution in [3.05, 3.63) is 53.6 Å². The first kappa shape index (κ1) is 15.4. The summed E-state index contributed by atoms with van der Waals surface area (Å²) in [6, 6.07) is 7.07. The van der Waals surface area contributed by atoms with Crippen LogP contribution >= 0.6 is 0 Å². The van der Waals surface area contributed by atoms with Gasteiger partial charge < -0.3 is 5.73 Å². The van der Waals surface area contributed by atoms with Crippen LogP contribution in [0.15, 0.2) is 41.4 Å². The molecule has 3 N–H and O–H groups in total. The summed E-state index contributed by atoms with van der Waals surface area (Å²) < 4.78 is 40.0. The maximum atomic E-state index is 13.4. The molecule has 0 bridgehead atoms. The predicted octanol–water partition coefficient (Wildman–Crippen LogP) is 1.84. The lowest BCUT2D eigenvalue weighted by Crippen LogP contribution is -2.24. The van der Waals surface area contributed by atoms with Gasteiger partial charge in [0.15, 0.2) is 0 Å². The molecule has 0 fully saturated rings. The Bertz CT molecular complexity index is 748. The van der Waals surface area contributed by atoms with Crippen LogP contribution in [0.2, 0.25) is 0 Å². The molecule has 0 aliphatic rings. The molecule has 112 valence electrons. The van der Waals surface area contributed by atoms with Crippen LogP contribution in [-0.2, 0) is 23.0 Å². The molecule has 0 atom stereocenters. The third-order valence-electron chi connectivity index (χ3n) is 3.08. The maximum Gasteiger partial charge on any atom is 0.241 e. The Kier molecular flexibility index (Phi) is 4.54. The van der Waals surface area contributed by atoms with Crippen LogP contribution in [0.5, 0.6) is 0 Å². The summed E-state index contributed by atoms with van der Waals surface area (Å²) in [5.74, 6) is -0.759. The van der Waals surface area contributed by atoms with Crippen molar-refractivity contribution < 1.29 is 12.8 Å². The average molecular weight is 309 g/mol. The fourth-order valence-electron chi connectivity index (χ4n) is 1.87. The van der Waals surface area contributed by atoms with Gasteiger partial charge in [0.2, 0.25) is 10.0 Å². The van der Waals surface area contributed by atoms with E-state index in [1.165, 1.54) is 12.1 Å². The van der Waals surface area contributed by atoms with Crippen molar-refractivity contribution in [3.8, 4) is 0 Å². The largest absolute Gasteiger partial charge is 0.396 e. The Morgan fingerprint density at radius 1 is 1.33 bits per heavy atom. The molecule has 21 heavy (non-hydrogen) atoms.